The lowest BCUT2D eigenvalue weighted by atomic mass is 9.62. The molecule has 0 saturated carbocycles. The van der Waals surface area contributed by atoms with E-state index in [0.717, 1.165) is 19.3 Å². The number of esters is 1. The van der Waals surface area contributed by atoms with Gasteiger partial charge in [0.25, 0.3) is 0 Å². The summed E-state index contributed by atoms with van der Waals surface area (Å²) < 4.78 is 5.65. The predicted molar refractivity (Wildman–Crippen MR) is 82.5 cm³/mol. The zero-order valence-corrected chi connectivity index (χ0v) is 14.1. The highest BCUT2D eigenvalue weighted by Gasteiger charge is 2.43. The van der Waals surface area contributed by atoms with E-state index in [-0.39, 0.29) is 17.0 Å². The molecule has 2 nitrogen and oxygen atoms in total. The summed E-state index contributed by atoms with van der Waals surface area (Å²) >= 11 is 0. The second-order valence-corrected chi connectivity index (χ2v) is 8.56. The molecule has 0 aromatic heterocycles. The van der Waals surface area contributed by atoms with Crippen LogP contribution in [-0.4, -0.2) is 11.6 Å². The Morgan fingerprint density at radius 3 is 2.35 bits per heavy atom. The Morgan fingerprint density at radius 2 is 1.75 bits per heavy atom. The van der Waals surface area contributed by atoms with Gasteiger partial charge in [0, 0.05) is 0 Å². The first-order valence-corrected chi connectivity index (χ1v) is 7.98. The largest absolute Gasteiger partial charge is 0.460 e. The van der Waals surface area contributed by atoms with Crippen LogP contribution >= 0.6 is 0 Å². The summed E-state index contributed by atoms with van der Waals surface area (Å²) in [4.78, 5) is 12.5. The SMILES string of the molecule is CC(C)(C)OC(=O)C1(C)CCC2=C(CCCC2(C)C)C1. The molecule has 0 aromatic rings. The van der Waals surface area contributed by atoms with Gasteiger partial charge in [-0.3, -0.25) is 4.79 Å². The molecule has 0 bridgehead atoms. The quantitative estimate of drug-likeness (QED) is 0.497. The van der Waals surface area contributed by atoms with E-state index in [2.05, 4.69) is 20.8 Å². The topological polar surface area (TPSA) is 26.3 Å². The minimum absolute atomic E-state index is 0.0140. The Balaban J connectivity index is 2.19. The van der Waals surface area contributed by atoms with Crippen LogP contribution in [-0.2, 0) is 9.53 Å². The van der Waals surface area contributed by atoms with Crippen LogP contribution in [0, 0.1) is 10.8 Å². The standard InChI is InChI=1S/C18H30O2/c1-16(2,3)20-15(19)18(6)11-9-14-13(12-18)8-7-10-17(14,4)5/h7-12H2,1-6H3. The summed E-state index contributed by atoms with van der Waals surface area (Å²) in [6, 6.07) is 0. The van der Waals surface area contributed by atoms with Crippen molar-refractivity contribution in [2.75, 3.05) is 0 Å². The Kier molecular flexibility index (Phi) is 3.81. The molecule has 0 aromatic carbocycles. The number of hydrogen-bond donors (Lipinski definition) is 0. The number of ether oxygens (including phenoxy) is 1. The van der Waals surface area contributed by atoms with Crippen LogP contribution in [0.4, 0.5) is 0 Å². The van der Waals surface area contributed by atoms with Crippen molar-refractivity contribution in [2.45, 2.75) is 85.7 Å². The van der Waals surface area contributed by atoms with E-state index in [1.807, 2.05) is 20.8 Å². The number of allylic oxidation sites excluding steroid dienone is 2. The molecule has 0 N–H and O–H groups in total. The van der Waals surface area contributed by atoms with Crippen molar-refractivity contribution in [3.05, 3.63) is 11.1 Å². The second kappa shape index (κ2) is 4.89. The monoisotopic (exact) mass is 278 g/mol. The molecule has 20 heavy (non-hydrogen) atoms. The van der Waals surface area contributed by atoms with Gasteiger partial charge in [0.2, 0.25) is 0 Å². The molecule has 2 aliphatic carbocycles. The summed E-state index contributed by atoms with van der Waals surface area (Å²) in [7, 11) is 0. The summed E-state index contributed by atoms with van der Waals surface area (Å²) in [5.41, 5.74) is 2.80. The molecule has 1 atom stereocenters. The average Bonchev–Trinajstić information content (AvgIpc) is 2.25. The maximum Gasteiger partial charge on any atom is 0.312 e. The molecule has 2 rings (SSSR count). The highest BCUT2D eigenvalue weighted by molar-refractivity contribution is 5.77. The maximum absolute atomic E-state index is 12.5. The summed E-state index contributed by atoms with van der Waals surface area (Å²) in [5.74, 6) is -0.0140. The molecule has 2 heteroatoms. The molecular formula is C18H30O2. The molecule has 0 aliphatic heterocycles. The van der Waals surface area contributed by atoms with Crippen LogP contribution in [0.5, 0.6) is 0 Å². The van der Waals surface area contributed by atoms with E-state index in [0.29, 0.717) is 5.41 Å². The summed E-state index contributed by atoms with van der Waals surface area (Å²) in [6.45, 7) is 12.7. The fraction of sp³-hybridized carbons (Fsp3) is 0.833. The summed E-state index contributed by atoms with van der Waals surface area (Å²) in [5, 5.41) is 0. The fourth-order valence-corrected chi connectivity index (χ4v) is 3.77. The first-order chi connectivity index (χ1) is 9.04. The van der Waals surface area contributed by atoms with Gasteiger partial charge in [-0.1, -0.05) is 25.0 Å². The minimum Gasteiger partial charge on any atom is -0.460 e. The molecule has 0 amide bonds. The normalized spacial score (nSPS) is 29.9. The molecule has 1 unspecified atom stereocenters. The fourth-order valence-electron chi connectivity index (χ4n) is 3.77. The van der Waals surface area contributed by atoms with Gasteiger partial charge in [-0.05, 0) is 71.6 Å². The number of rotatable bonds is 1. The lowest BCUT2D eigenvalue weighted by Crippen LogP contribution is -2.39. The van der Waals surface area contributed by atoms with Gasteiger partial charge in [-0.2, -0.15) is 0 Å². The molecule has 0 saturated heterocycles. The Labute approximate surface area is 124 Å². The van der Waals surface area contributed by atoms with Crippen molar-refractivity contribution < 1.29 is 9.53 Å². The molecular weight excluding hydrogens is 248 g/mol. The molecule has 114 valence electrons. The van der Waals surface area contributed by atoms with Crippen molar-refractivity contribution in [1.82, 2.24) is 0 Å². The number of hydrogen-bond acceptors (Lipinski definition) is 2. The summed E-state index contributed by atoms with van der Waals surface area (Å²) in [6.07, 6.45) is 6.63. The third-order valence-corrected chi connectivity index (χ3v) is 4.95. The molecule has 0 radical (unpaired) electrons. The Hall–Kier alpha value is -0.790. The smallest absolute Gasteiger partial charge is 0.312 e. The van der Waals surface area contributed by atoms with Gasteiger partial charge in [0.1, 0.15) is 5.60 Å². The van der Waals surface area contributed by atoms with Gasteiger partial charge in [0.05, 0.1) is 5.41 Å². The van der Waals surface area contributed by atoms with Gasteiger partial charge in [-0.25, -0.2) is 0 Å². The third kappa shape index (κ3) is 3.10. The van der Waals surface area contributed by atoms with Crippen LogP contribution in [0.3, 0.4) is 0 Å². The van der Waals surface area contributed by atoms with Crippen LogP contribution < -0.4 is 0 Å². The molecule has 2 aliphatic rings. The first kappa shape index (κ1) is 15.6. The second-order valence-electron chi connectivity index (χ2n) is 8.56. The highest BCUT2D eigenvalue weighted by Crippen LogP contribution is 2.51. The lowest BCUT2D eigenvalue weighted by molar-refractivity contribution is -0.167. The predicted octanol–water partition coefficient (Wildman–Crippen LogP) is 5.03. The Morgan fingerprint density at radius 1 is 1.10 bits per heavy atom. The van der Waals surface area contributed by atoms with Crippen molar-refractivity contribution in [2.24, 2.45) is 10.8 Å². The van der Waals surface area contributed by atoms with Crippen LogP contribution in [0.15, 0.2) is 11.1 Å². The van der Waals surface area contributed by atoms with Crippen molar-refractivity contribution >= 4 is 5.97 Å². The zero-order valence-electron chi connectivity index (χ0n) is 14.1. The van der Waals surface area contributed by atoms with Crippen molar-refractivity contribution in [1.29, 1.82) is 0 Å². The van der Waals surface area contributed by atoms with Crippen LogP contribution in [0.2, 0.25) is 0 Å². The van der Waals surface area contributed by atoms with Crippen molar-refractivity contribution in [3.63, 3.8) is 0 Å². The van der Waals surface area contributed by atoms with Gasteiger partial charge in [0.15, 0.2) is 0 Å². The van der Waals surface area contributed by atoms with E-state index >= 15 is 0 Å². The minimum atomic E-state index is -0.388. The number of carbonyl (C=O) groups is 1. The van der Waals surface area contributed by atoms with Gasteiger partial charge >= 0.3 is 5.97 Å². The van der Waals surface area contributed by atoms with E-state index < -0.39 is 0 Å². The Bertz CT molecular complexity index is 437. The number of carbonyl (C=O) groups excluding carboxylic acids is 1. The lowest BCUT2D eigenvalue weighted by Gasteiger charge is -2.43. The van der Waals surface area contributed by atoms with Crippen LogP contribution in [0.25, 0.3) is 0 Å². The van der Waals surface area contributed by atoms with E-state index in [1.165, 1.54) is 19.3 Å². The van der Waals surface area contributed by atoms with Crippen LogP contribution in [0.1, 0.15) is 80.1 Å². The third-order valence-electron chi connectivity index (χ3n) is 4.95. The van der Waals surface area contributed by atoms with E-state index in [1.54, 1.807) is 11.1 Å². The zero-order chi connectivity index (χ0) is 15.2. The first-order valence-electron chi connectivity index (χ1n) is 7.98. The highest BCUT2D eigenvalue weighted by atomic mass is 16.6. The van der Waals surface area contributed by atoms with Crippen molar-refractivity contribution in [3.8, 4) is 0 Å². The molecule has 0 spiro atoms. The van der Waals surface area contributed by atoms with Gasteiger partial charge < -0.3 is 4.74 Å². The van der Waals surface area contributed by atoms with E-state index in [4.69, 9.17) is 4.74 Å². The maximum atomic E-state index is 12.5. The average molecular weight is 278 g/mol. The van der Waals surface area contributed by atoms with E-state index in [9.17, 15) is 4.79 Å². The molecule has 0 fully saturated rings. The van der Waals surface area contributed by atoms with Gasteiger partial charge in [-0.15, -0.1) is 0 Å². The molecule has 0 heterocycles.